The van der Waals surface area contributed by atoms with Gasteiger partial charge in [0, 0.05) is 5.02 Å². The SMILES string of the molecule is O=C(COc1ccc2ccccc2c1Br)N/N=C/c1ccc(OCc2ccc(Cl)cc2)cc1. The minimum Gasteiger partial charge on any atom is -0.489 e. The number of hydrogen-bond donors (Lipinski definition) is 1. The molecule has 0 saturated carbocycles. The van der Waals surface area contributed by atoms with Crippen molar-refractivity contribution < 1.29 is 14.3 Å². The first-order valence-corrected chi connectivity index (χ1v) is 11.3. The van der Waals surface area contributed by atoms with Gasteiger partial charge in [-0.15, -0.1) is 0 Å². The second kappa shape index (κ2) is 11.0. The van der Waals surface area contributed by atoms with E-state index in [1.165, 1.54) is 0 Å². The van der Waals surface area contributed by atoms with Crippen LogP contribution < -0.4 is 14.9 Å². The molecule has 0 aromatic heterocycles. The van der Waals surface area contributed by atoms with E-state index in [4.69, 9.17) is 21.1 Å². The molecule has 33 heavy (non-hydrogen) atoms. The number of nitrogens with zero attached hydrogens (tertiary/aromatic N) is 1. The Morgan fingerprint density at radius 1 is 0.939 bits per heavy atom. The summed E-state index contributed by atoms with van der Waals surface area (Å²) < 4.78 is 12.2. The molecule has 5 nitrogen and oxygen atoms in total. The maximum absolute atomic E-state index is 12.1. The van der Waals surface area contributed by atoms with Crippen LogP contribution in [-0.2, 0) is 11.4 Å². The van der Waals surface area contributed by atoms with Gasteiger partial charge in [-0.3, -0.25) is 4.79 Å². The van der Waals surface area contributed by atoms with Crippen LogP contribution in [-0.4, -0.2) is 18.7 Å². The highest BCUT2D eigenvalue weighted by Gasteiger charge is 2.08. The molecule has 0 heterocycles. The molecule has 0 aliphatic rings. The zero-order valence-electron chi connectivity index (χ0n) is 17.5. The minimum atomic E-state index is -0.353. The first-order valence-electron chi connectivity index (χ1n) is 10.2. The van der Waals surface area contributed by atoms with E-state index in [9.17, 15) is 4.79 Å². The third-order valence-corrected chi connectivity index (χ3v) is 5.86. The van der Waals surface area contributed by atoms with E-state index >= 15 is 0 Å². The number of benzene rings is 4. The lowest BCUT2D eigenvalue weighted by atomic mass is 10.1. The van der Waals surface area contributed by atoms with Gasteiger partial charge in [0.25, 0.3) is 5.91 Å². The molecule has 0 aliphatic heterocycles. The van der Waals surface area contributed by atoms with Gasteiger partial charge in [-0.05, 0) is 80.3 Å². The molecule has 0 bridgehead atoms. The van der Waals surface area contributed by atoms with Crippen LogP contribution in [0.3, 0.4) is 0 Å². The summed E-state index contributed by atoms with van der Waals surface area (Å²) >= 11 is 9.44. The summed E-state index contributed by atoms with van der Waals surface area (Å²) in [4.78, 5) is 12.1. The molecule has 0 radical (unpaired) electrons. The number of carbonyl (C=O) groups is 1. The number of carbonyl (C=O) groups excluding carboxylic acids is 1. The standard InChI is InChI=1S/C26H20BrClN2O3/c27-26-23-4-2-1-3-20(23)9-14-24(26)33-17-25(31)30-29-15-18-7-12-22(13-8-18)32-16-19-5-10-21(28)11-6-19/h1-15H,16-17H2,(H,30,31)/b29-15+. The van der Waals surface area contributed by atoms with E-state index in [-0.39, 0.29) is 12.5 Å². The monoisotopic (exact) mass is 522 g/mol. The smallest absolute Gasteiger partial charge is 0.277 e. The lowest BCUT2D eigenvalue weighted by molar-refractivity contribution is -0.123. The summed E-state index contributed by atoms with van der Waals surface area (Å²) in [6, 6.07) is 26.6. The Balaban J connectivity index is 1.24. The van der Waals surface area contributed by atoms with Crippen molar-refractivity contribution in [2.75, 3.05) is 6.61 Å². The molecule has 0 aliphatic carbocycles. The summed E-state index contributed by atoms with van der Waals surface area (Å²) in [5.74, 6) is 0.983. The Hall–Kier alpha value is -3.35. The Kier molecular flexibility index (Phi) is 7.60. The molecular weight excluding hydrogens is 504 g/mol. The van der Waals surface area contributed by atoms with Gasteiger partial charge in [0.2, 0.25) is 0 Å². The molecule has 4 rings (SSSR count). The normalized spacial score (nSPS) is 11.0. The average Bonchev–Trinajstić information content (AvgIpc) is 2.84. The molecule has 0 unspecified atom stereocenters. The van der Waals surface area contributed by atoms with Gasteiger partial charge in [-0.2, -0.15) is 5.10 Å². The van der Waals surface area contributed by atoms with Gasteiger partial charge in [0.05, 0.1) is 10.7 Å². The van der Waals surface area contributed by atoms with Crippen LogP contribution in [0.2, 0.25) is 5.02 Å². The number of hydrazone groups is 1. The summed E-state index contributed by atoms with van der Waals surface area (Å²) in [5.41, 5.74) is 4.33. The maximum Gasteiger partial charge on any atom is 0.277 e. The van der Waals surface area contributed by atoms with E-state index in [1.54, 1.807) is 6.21 Å². The van der Waals surface area contributed by atoms with Crippen molar-refractivity contribution in [1.82, 2.24) is 5.43 Å². The average molecular weight is 524 g/mol. The van der Waals surface area contributed by atoms with E-state index in [2.05, 4.69) is 26.5 Å². The predicted octanol–water partition coefficient (Wildman–Crippen LogP) is 6.36. The van der Waals surface area contributed by atoms with Gasteiger partial charge in [0.15, 0.2) is 6.61 Å². The van der Waals surface area contributed by atoms with Gasteiger partial charge >= 0.3 is 0 Å². The van der Waals surface area contributed by atoms with Gasteiger partial charge in [0.1, 0.15) is 18.1 Å². The molecule has 4 aromatic rings. The topological polar surface area (TPSA) is 59.9 Å². The number of rotatable bonds is 8. The van der Waals surface area contributed by atoms with Crippen molar-refractivity contribution in [2.45, 2.75) is 6.61 Å². The lowest BCUT2D eigenvalue weighted by Gasteiger charge is -2.09. The quantitative estimate of drug-likeness (QED) is 0.216. The third-order valence-electron chi connectivity index (χ3n) is 4.79. The Bertz CT molecular complexity index is 1280. The van der Waals surface area contributed by atoms with Crippen molar-refractivity contribution in [1.29, 1.82) is 0 Å². The van der Waals surface area contributed by atoms with Crippen LogP contribution >= 0.6 is 27.5 Å². The highest BCUT2D eigenvalue weighted by atomic mass is 79.9. The van der Waals surface area contributed by atoms with E-state index < -0.39 is 0 Å². The Morgan fingerprint density at radius 2 is 1.70 bits per heavy atom. The molecule has 1 N–H and O–H groups in total. The van der Waals surface area contributed by atoms with Crippen LogP contribution in [0.25, 0.3) is 10.8 Å². The summed E-state index contributed by atoms with van der Waals surface area (Å²) in [6.07, 6.45) is 1.56. The third kappa shape index (κ3) is 6.34. The summed E-state index contributed by atoms with van der Waals surface area (Å²) in [5, 5.41) is 6.80. The van der Waals surface area contributed by atoms with E-state index in [0.29, 0.717) is 17.4 Å². The first kappa shape index (κ1) is 22.8. The Labute approximate surface area is 205 Å². The van der Waals surface area contributed by atoms with Crippen LogP contribution in [0.1, 0.15) is 11.1 Å². The maximum atomic E-state index is 12.1. The van der Waals surface area contributed by atoms with Crippen molar-refractivity contribution in [3.63, 3.8) is 0 Å². The zero-order valence-corrected chi connectivity index (χ0v) is 19.8. The molecule has 4 aromatic carbocycles. The molecular formula is C26H20BrClN2O3. The number of nitrogens with one attached hydrogen (secondary N) is 1. The fourth-order valence-electron chi connectivity index (χ4n) is 3.08. The number of fused-ring (bicyclic) bond motifs is 1. The van der Waals surface area contributed by atoms with E-state index in [0.717, 1.165) is 32.1 Å². The molecule has 7 heteroatoms. The second-order valence-electron chi connectivity index (χ2n) is 7.16. The van der Waals surface area contributed by atoms with Crippen molar-refractivity contribution in [3.8, 4) is 11.5 Å². The molecule has 0 spiro atoms. The highest BCUT2D eigenvalue weighted by Crippen LogP contribution is 2.32. The number of hydrogen-bond acceptors (Lipinski definition) is 4. The lowest BCUT2D eigenvalue weighted by Crippen LogP contribution is -2.24. The summed E-state index contributed by atoms with van der Waals surface area (Å²) in [7, 11) is 0. The number of ether oxygens (including phenoxy) is 2. The van der Waals surface area contributed by atoms with Gasteiger partial charge < -0.3 is 9.47 Å². The molecule has 1 amide bonds. The van der Waals surface area contributed by atoms with Crippen molar-refractivity contribution in [3.05, 3.63) is 106 Å². The Morgan fingerprint density at radius 3 is 2.48 bits per heavy atom. The van der Waals surface area contributed by atoms with Crippen LogP contribution in [0.5, 0.6) is 11.5 Å². The fraction of sp³-hybridized carbons (Fsp3) is 0.0769. The van der Waals surface area contributed by atoms with Crippen molar-refractivity contribution in [2.24, 2.45) is 5.10 Å². The highest BCUT2D eigenvalue weighted by molar-refractivity contribution is 9.10. The molecule has 166 valence electrons. The largest absolute Gasteiger partial charge is 0.489 e. The zero-order chi connectivity index (χ0) is 23.0. The first-order chi connectivity index (χ1) is 16.1. The predicted molar refractivity (Wildman–Crippen MR) is 135 cm³/mol. The molecule has 0 atom stereocenters. The van der Waals surface area contributed by atoms with Gasteiger partial charge in [-0.1, -0.05) is 54.1 Å². The molecule has 0 saturated heterocycles. The van der Waals surface area contributed by atoms with Crippen LogP contribution in [0.15, 0.2) is 94.5 Å². The summed E-state index contributed by atoms with van der Waals surface area (Å²) in [6.45, 7) is 0.305. The number of amides is 1. The molecule has 0 fully saturated rings. The minimum absolute atomic E-state index is 0.147. The second-order valence-corrected chi connectivity index (χ2v) is 8.39. The van der Waals surface area contributed by atoms with E-state index in [1.807, 2.05) is 84.9 Å². The van der Waals surface area contributed by atoms with Crippen LogP contribution in [0, 0.1) is 0 Å². The van der Waals surface area contributed by atoms with Crippen LogP contribution in [0.4, 0.5) is 0 Å². The van der Waals surface area contributed by atoms with Gasteiger partial charge in [-0.25, -0.2) is 5.43 Å². The fourth-order valence-corrected chi connectivity index (χ4v) is 3.81. The van der Waals surface area contributed by atoms with Crippen molar-refractivity contribution >= 4 is 50.4 Å². The number of halogens is 2.